The highest BCUT2D eigenvalue weighted by Crippen LogP contribution is 2.27. The normalized spacial score (nSPS) is 27.2. The van der Waals surface area contributed by atoms with Crippen LogP contribution in [0.2, 0.25) is 0 Å². The number of hydrogen-bond donors (Lipinski definition) is 1. The molecule has 0 aromatic heterocycles. The van der Waals surface area contributed by atoms with Gasteiger partial charge in [-0.3, -0.25) is 9.69 Å². The van der Waals surface area contributed by atoms with E-state index in [9.17, 15) is 26.9 Å². The number of nitrogens with zero attached hydrogens (tertiary/aromatic N) is 3. The Morgan fingerprint density at radius 2 is 1.72 bits per heavy atom. The quantitative estimate of drug-likeness (QED) is 0.643. The van der Waals surface area contributed by atoms with Gasteiger partial charge in [0.2, 0.25) is 15.9 Å². The van der Waals surface area contributed by atoms with Crippen molar-refractivity contribution in [2.24, 2.45) is 5.92 Å². The molecule has 3 fully saturated rings. The van der Waals surface area contributed by atoms with Crippen molar-refractivity contribution < 1.29 is 21.6 Å². The van der Waals surface area contributed by atoms with Crippen LogP contribution >= 0.6 is 0 Å². The summed E-state index contributed by atoms with van der Waals surface area (Å²) in [6.07, 6.45) is 2.79. The van der Waals surface area contributed by atoms with Crippen molar-refractivity contribution in [3.8, 4) is 6.07 Å². The lowest BCUT2D eigenvalue weighted by atomic mass is 9.96. The fourth-order valence-electron chi connectivity index (χ4n) is 4.98. The molecule has 2 unspecified atom stereocenters. The Hall–Kier alpha value is -2.00. The number of nitriles is 1. The van der Waals surface area contributed by atoms with Crippen molar-refractivity contribution in [1.29, 1.82) is 5.26 Å². The number of piperidine rings is 1. The number of hydrogen-bond acceptors (Lipinski definition) is 7. The molecule has 1 aromatic carbocycles. The van der Waals surface area contributed by atoms with Gasteiger partial charge in [0.05, 0.1) is 28.0 Å². The van der Waals surface area contributed by atoms with Gasteiger partial charge < -0.3 is 5.32 Å². The molecule has 0 bridgehead atoms. The number of nitrogens with one attached hydrogen (secondary N) is 1. The van der Waals surface area contributed by atoms with Crippen LogP contribution in [0.1, 0.15) is 31.2 Å². The minimum Gasteiger partial charge on any atom is -0.350 e. The Morgan fingerprint density at radius 1 is 1.06 bits per heavy atom. The van der Waals surface area contributed by atoms with Gasteiger partial charge in [0.15, 0.2) is 9.84 Å². The summed E-state index contributed by atoms with van der Waals surface area (Å²) in [5.41, 5.74) is 0.0998. The lowest BCUT2D eigenvalue weighted by molar-refractivity contribution is -0.127. The summed E-state index contributed by atoms with van der Waals surface area (Å²) in [5.74, 6) is -0.536. The highest BCUT2D eigenvalue weighted by Gasteiger charge is 2.43. The van der Waals surface area contributed by atoms with E-state index in [1.807, 2.05) is 6.07 Å². The van der Waals surface area contributed by atoms with E-state index in [1.165, 1.54) is 16.4 Å². The number of amides is 1. The minimum absolute atomic E-state index is 0.0185. The number of likely N-dealkylation sites (tertiary alicyclic amines) is 1. The van der Waals surface area contributed by atoms with Gasteiger partial charge in [-0.25, -0.2) is 16.8 Å². The molecule has 1 N–H and O–H groups in total. The van der Waals surface area contributed by atoms with Gasteiger partial charge in [-0.2, -0.15) is 9.57 Å². The molecule has 4 rings (SSSR count). The largest absolute Gasteiger partial charge is 0.350 e. The van der Waals surface area contributed by atoms with Crippen molar-refractivity contribution in [2.75, 3.05) is 37.7 Å². The molecular formula is C21H28N4O5S2. The zero-order valence-electron chi connectivity index (χ0n) is 17.8. The van der Waals surface area contributed by atoms with E-state index in [4.69, 9.17) is 0 Å². The minimum atomic E-state index is -3.82. The van der Waals surface area contributed by atoms with Gasteiger partial charge in [0.25, 0.3) is 0 Å². The Kier molecular flexibility index (Phi) is 6.58. The first-order valence-electron chi connectivity index (χ1n) is 11.0. The smallest absolute Gasteiger partial charge is 0.244 e. The molecule has 11 heteroatoms. The Labute approximate surface area is 189 Å². The van der Waals surface area contributed by atoms with Crippen molar-refractivity contribution in [3.05, 3.63) is 29.8 Å². The van der Waals surface area contributed by atoms with Crippen LogP contribution in [0.25, 0.3) is 0 Å². The molecule has 0 radical (unpaired) electrons. The first-order chi connectivity index (χ1) is 15.2. The lowest BCUT2D eigenvalue weighted by Crippen LogP contribution is -2.52. The Bertz CT molecular complexity index is 1120. The number of sulfone groups is 1. The first kappa shape index (κ1) is 23.2. The third-order valence-electron chi connectivity index (χ3n) is 6.71. The summed E-state index contributed by atoms with van der Waals surface area (Å²) in [7, 11) is -7.01. The van der Waals surface area contributed by atoms with Gasteiger partial charge in [0.1, 0.15) is 6.07 Å². The molecule has 1 amide bonds. The standard InChI is InChI=1S/C21H28N4O5S2/c22-13-17-5-1-2-6-20(17)32(29,30)25-11-7-16(8-12-25)21(26)23-18-14-31(27,28)15-19(18)24-9-3-4-10-24/h1-2,5-6,16,18-19H,3-4,7-12,14-15H2,(H,23,26). The Balaban J connectivity index is 1.39. The maximum Gasteiger partial charge on any atom is 0.244 e. The molecule has 9 nitrogen and oxygen atoms in total. The van der Waals surface area contributed by atoms with Crippen LogP contribution in [0.5, 0.6) is 0 Å². The SMILES string of the molecule is N#Cc1ccccc1S(=O)(=O)N1CCC(C(=O)NC2CS(=O)(=O)CC2N2CCCC2)CC1. The molecule has 3 aliphatic heterocycles. The van der Waals surface area contributed by atoms with E-state index in [0.29, 0.717) is 12.8 Å². The number of carbonyl (C=O) groups excluding carboxylic acids is 1. The molecular weight excluding hydrogens is 452 g/mol. The molecule has 1 aromatic rings. The third-order valence-corrected chi connectivity index (χ3v) is 10.4. The summed E-state index contributed by atoms with van der Waals surface area (Å²) >= 11 is 0. The van der Waals surface area contributed by atoms with E-state index in [-0.39, 0.29) is 52.9 Å². The number of carbonyl (C=O) groups is 1. The van der Waals surface area contributed by atoms with Crippen LogP contribution in [0.4, 0.5) is 0 Å². The summed E-state index contributed by atoms with van der Waals surface area (Å²) in [6.45, 7) is 2.07. The third kappa shape index (κ3) is 4.69. The van der Waals surface area contributed by atoms with Crippen LogP contribution in [0.3, 0.4) is 0 Å². The fourth-order valence-corrected chi connectivity index (χ4v) is 8.55. The van der Waals surface area contributed by atoms with Gasteiger partial charge in [-0.1, -0.05) is 12.1 Å². The van der Waals surface area contributed by atoms with Crippen LogP contribution < -0.4 is 5.32 Å². The predicted octanol–water partition coefficient (Wildman–Crippen LogP) is 0.337. The maximum atomic E-state index is 13.0. The topological polar surface area (TPSA) is 128 Å². The molecule has 0 spiro atoms. The molecule has 3 saturated heterocycles. The van der Waals surface area contributed by atoms with Crippen LogP contribution in [0, 0.1) is 17.2 Å². The lowest BCUT2D eigenvalue weighted by Gasteiger charge is -2.33. The van der Waals surface area contributed by atoms with Gasteiger partial charge in [-0.15, -0.1) is 0 Å². The predicted molar refractivity (Wildman–Crippen MR) is 118 cm³/mol. The van der Waals surface area contributed by atoms with Crippen LogP contribution in [-0.4, -0.2) is 81.7 Å². The molecule has 2 atom stereocenters. The first-order valence-corrected chi connectivity index (χ1v) is 14.2. The number of rotatable bonds is 5. The Morgan fingerprint density at radius 3 is 2.38 bits per heavy atom. The average Bonchev–Trinajstić information content (AvgIpc) is 3.41. The molecule has 174 valence electrons. The second-order valence-electron chi connectivity index (χ2n) is 8.79. The van der Waals surface area contributed by atoms with E-state index in [1.54, 1.807) is 12.1 Å². The molecule has 3 aliphatic rings. The van der Waals surface area contributed by atoms with E-state index in [0.717, 1.165) is 25.9 Å². The molecule has 0 saturated carbocycles. The highest BCUT2D eigenvalue weighted by atomic mass is 32.2. The molecule has 3 heterocycles. The summed E-state index contributed by atoms with van der Waals surface area (Å²) in [5, 5.41) is 12.2. The molecule has 32 heavy (non-hydrogen) atoms. The van der Waals surface area contributed by atoms with E-state index >= 15 is 0 Å². The summed E-state index contributed by atoms with van der Waals surface area (Å²) in [4.78, 5) is 15.1. The summed E-state index contributed by atoms with van der Waals surface area (Å²) < 4.78 is 51.8. The number of benzene rings is 1. The maximum absolute atomic E-state index is 13.0. The van der Waals surface area contributed by atoms with Crippen molar-refractivity contribution in [1.82, 2.24) is 14.5 Å². The van der Waals surface area contributed by atoms with E-state index in [2.05, 4.69) is 10.2 Å². The van der Waals surface area contributed by atoms with Crippen molar-refractivity contribution in [3.63, 3.8) is 0 Å². The van der Waals surface area contributed by atoms with Crippen LogP contribution in [0.15, 0.2) is 29.2 Å². The van der Waals surface area contributed by atoms with Crippen molar-refractivity contribution >= 4 is 25.8 Å². The zero-order chi connectivity index (χ0) is 22.9. The monoisotopic (exact) mass is 480 g/mol. The summed E-state index contributed by atoms with van der Waals surface area (Å²) in [6, 6.07) is 7.41. The average molecular weight is 481 g/mol. The van der Waals surface area contributed by atoms with Crippen molar-refractivity contribution in [2.45, 2.75) is 42.7 Å². The highest BCUT2D eigenvalue weighted by molar-refractivity contribution is 7.91. The number of sulfonamides is 1. The van der Waals surface area contributed by atoms with Crippen LogP contribution in [-0.2, 0) is 24.7 Å². The second kappa shape index (κ2) is 9.09. The van der Waals surface area contributed by atoms with E-state index < -0.39 is 25.9 Å². The molecule has 0 aliphatic carbocycles. The van der Waals surface area contributed by atoms with Gasteiger partial charge in [0, 0.05) is 25.0 Å². The fraction of sp³-hybridized carbons (Fsp3) is 0.619. The van der Waals surface area contributed by atoms with Gasteiger partial charge >= 0.3 is 0 Å². The second-order valence-corrected chi connectivity index (χ2v) is 12.8. The van der Waals surface area contributed by atoms with Gasteiger partial charge in [-0.05, 0) is 50.9 Å². The zero-order valence-corrected chi connectivity index (χ0v) is 19.4.